The minimum atomic E-state index is -2.38. The van der Waals surface area contributed by atoms with E-state index in [-0.39, 0.29) is 0 Å². The summed E-state index contributed by atoms with van der Waals surface area (Å²) >= 11 is 0. The second-order valence-corrected chi connectivity index (χ2v) is 12.0. The summed E-state index contributed by atoms with van der Waals surface area (Å²) in [5, 5.41) is 10.5. The number of aromatic nitrogens is 6. The number of hydrogen-bond acceptors (Lipinski definition) is 6. The fourth-order valence-electron chi connectivity index (χ4n) is 3.81. The van der Waals surface area contributed by atoms with Crippen LogP contribution in [0.3, 0.4) is 0 Å². The van der Waals surface area contributed by atoms with E-state index in [0.29, 0.717) is 17.0 Å². The lowest BCUT2D eigenvalue weighted by Crippen LogP contribution is -2.29. The van der Waals surface area contributed by atoms with E-state index in [0.717, 1.165) is 27.3 Å². The van der Waals surface area contributed by atoms with E-state index in [1.54, 1.807) is 25.7 Å². The molecule has 2 aromatic carbocycles. The number of fused-ring (bicyclic) bond motifs is 2. The normalized spacial score (nSPS) is 12.5. The molecule has 0 bridgehead atoms. The second-order valence-electron chi connectivity index (χ2n) is 8.77. The van der Waals surface area contributed by atoms with E-state index >= 15 is 0 Å². The van der Waals surface area contributed by atoms with Crippen molar-refractivity contribution in [2.24, 2.45) is 0 Å². The van der Waals surface area contributed by atoms with Gasteiger partial charge in [0.1, 0.15) is 7.14 Å². The average Bonchev–Trinajstić information content (AvgIpc) is 3.22. The van der Waals surface area contributed by atoms with Crippen molar-refractivity contribution < 1.29 is 4.57 Å². The van der Waals surface area contributed by atoms with E-state index in [1.807, 2.05) is 47.1 Å². The SMILES string of the molecule is CC(C)(c1ccc2ncccc2c1)n1nnc2ncc(-c3cccc(P(C)(C)=O)c3)nc21. The molecule has 0 saturated heterocycles. The maximum Gasteiger partial charge on any atom is 0.221 e. The first-order valence-electron chi connectivity index (χ1n) is 10.3. The number of rotatable bonds is 4. The molecular weight excluding hydrogens is 419 g/mol. The molecule has 5 aromatic rings. The molecule has 0 radical (unpaired) electrons. The van der Waals surface area contributed by atoms with Crippen LogP contribution in [0.2, 0.25) is 0 Å². The average molecular weight is 442 g/mol. The summed E-state index contributed by atoms with van der Waals surface area (Å²) < 4.78 is 14.4. The molecule has 5 rings (SSSR count). The van der Waals surface area contributed by atoms with Crippen LogP contribution in [0.5, 0.6) is 0 Å². The van der Waals surface area contributed by atoms with E-state index in [2.05, 4.69) is 46.3 Å². The minimum absolute atomic E-state index is 0.483. The molecule has 3 heterocycles. The van der Waals surface area contributed by atoms with Crippen molar-refractivity contribution in [3.05, 3.63) is 72.6 Å². The van der Waals surface area contributed by atoms with Gasteiger partial charge in [0, 0.05) is 22.5 Å². The first-order valence-corrected chi connectivity index (χ1v) is 12.9. The third-order valence-electron chi connectivity index (χ3n) is 5.77. The van der Waals surface area contributed by atoms with E-state index in [1.165, 1.54) is 0 Å². The molecule has 0 aliphatic heterocycles. The third-order valence-corrected chi connectivity index (χ3v) is 7.29. The summed E-state index contributed by atoms with van der Waals surface area (Å²) in [5.74, 6) is 0. The molecule has 0 spiro atoms. The quantitative estimate of drug-likeness (QED) is 0.382. The summed E-state index contributed by atoms with van der Waals surface area (Å²) in [6.07, 6.45) is 3.48. The van der Waals surface area contributed by atoms with Gasteiger partial charge in [-0.05, 0) is 57.0 Å². The topological polar surface area (TPSA) is 86.5 Å². The molecular formula is C24H23N6OP. The highest BCUT2D eigenvalue weighted by atomic mass is 31.2. The summed E-state index contributed by atoms with van der Waals surface area (Å²) in [4.78, 5) is 13.8. The van der Waals surface area contributed by atoms with Crippen LogP contribution in [-0.4, -0.2) is 43.3 Å². The Kier molecular flexibility index (Phi) is 4.68. The minimum Gasteiger partial charge on any atom is -0.319 e. The van der Waals surface area contributed by atoms with Gasteiger partial charge in [0.05, 0.1) is 22.9 Å². The third kappa shape index (κ3) is 3.49. The molecule has 8 heteroatoms. The Balaban J connectivity index is 1.63. The predicted molar refractivity (Wildman–Crippen MR) is 128 cm³/mol. The molecule has 0 unspecified atom stereocenters. The van der Waals surface area contributed by atoms with Crippen molar-refractivity contribution in [1.82, 2.24) is 29.9 Å². The van der Waals surface area contributed by atoms with Gasteiger partial charge in [-0.15, -0.1) is 5.10 Å². The Morgan fingerprint density at radius 3 is 2.62 bits per heavy atom. The highest BCUT2D eigenvalue weighted by Crippen LogP contribution is 2.36. The lowest BCUT2D eigenvalue weighted by Gasteiger charge is -2.26. The number of hydrogen-bond donors (Lipinski definition) is 0. The second kappa shape index (κ2) is 7.31. The first kappa shape index (κ1) is 20.5. The molecule has 7 nitrogen and oxygen atoms in total. The van der Waals surface area contributed by atoms with Crippen molar-refractivity contribution in [2.45, 2.75) is 19.4 Å². The summed E-state index contributed by atoms with van der Waals surface area (Å²) in [6.45, 7) is 7.69. The van der Waals surface area contributed by atoms with Gasteiger partial charge < -0.3 is 4.57 Å². The van der Waals surface area contributed by atoms with Crippen LogP contribution in [0, 0.1) is 0 Å². The molecule has 0 saturated carbocycles. The van der Waals surface area contributed by atoms with E-state index in [9.17, 15) is 4.57 Å². The zero-order valence-electron chi connectivity index (χ0n) is 18.4. The van der Waals surface area contributed by atoms with Gasteiger partial charge in [-0.1, -0.05) is 35.5 Å². The van der Waals surface area contributed by atoms with Crippen LogP contribution in [0.25, 0.3) is 33.5 Å². The molecule has 0 aliphatic carbocycles. The zero-order chi connectivity index (χ0) is 22.5. The van der Waals surface area contributed by atoms with Gasteiger partial charge in [0.2, 0.25) is 5.65 Å². The Bertz CT molecular complexity index is 1520. The maximum absolute atomic E-state index is 12.5. The van der Waals surface area contributed by atoms with E-state index < -0.39 is 12.7 Å². The molecule has 0 N–H and O–H groups in total. The van der Waals surface area contributed by atoms with Crippen molar-refractivity contribution in [3.63, 3.8) is 0 Å². The molecule has 0 fully saturated rings. The fraction of sp³-hybridized carbons (Fsp3) is 0.208. The van der Waals surface area contributed by atoms with Gasteiger partial charge in [-0.2, -0.15) is 0 Å². The van der Waals surface area contributed by atoms with Gasteiger partial charge in [0.25, 0.3) is 0 Å². The number of benzene rings is 2. The number of pyridine rings is 1. The van der Waals surface area contributed by atoms with Crippen molar-refractivity contribution >= 4 is 34.6 Å². The van der Waals surface area contributed by atoms with Gasteiger partial charge >= 0.3 is 0 Å². The van der Waals surface area contributed by atoms with Gasteiger partial charge in [0.15, 0.2) is 5.65 Å². The zero-order valence-corrected chi connectivity index (χ0v) is 19.3. The number of nitrogens with zero attached hydrogens (tertiary/aromatic N) is 6. The Morgan fingerprint density at radius 1 is 0.969 bits per heavy atom. The van der Waals surface area contributed by atoms with Crippen LogP contribution < -0.4 is 5.30 Å². The standard InChI is InChI=1S/C24H23N6OP/c1-24(2,18-10-11-20-16(13-18)8-6-12-25-20)30-23-22(28-29-30)26-15-21(27-23)17-7-5-9-19(14-17)32(3,4)31/h5-15H,1-4H3. The summed E-state index contributed by atoms with van der Waals surface area (Å²) in [5.41, 5.74) is 4.13. The molecule has 32 heavy (non-hydrogen) atoms. The highest BCUT2D eigenvalue weighted by Gasteiger charge is 2.28. The van der Waals surface area contributed by atoms with Gasteiger partial charge in [-0.3, -0.25) is 4.98 Å². The van der Waals surface area contributed by atoms with Crippen LogP contribution in [0.1, 0.15) is 19.4 Å². The van der Waals surface area contributed by atoms with Gasteiger partial charge in [-0.25, -0.2) is 14.6 Å². The fourth-order valence-corrected chi connectivity index (χ4v) is 4.70. The van der Waals surface area contributed by atoms with Crippen molar-refractivity contribution in [3.8, 4) is 11.3 Å². The first-order chi connectivity index (χ1) is 15.2. The van der Waals surface area contributed by atoms with Crippen molar-refractivity contribution in [1.29, 1.82) is 0 Å². The molecule has 3 aromatic heterocycles. The maximum atomic E-state index is 12.5. The van der Waals surface area contributed by atoms with Crippen LogP contribution in [0.15, 0.2) is 67.0 Å². The molecule has 0 aliphatic rings. The Morgan fingerprint density at radius 2 is 1.81 bits per heavy atom. The van der Waals surface area contributed by atoms with Crippen LogP contribution in [-0.2, 0) is 10.1 Å². The van der Waals surface area contributed by atoms with Crippen LogP contribution >= 0.6 is 7.14 Å². The summed E-state index contributed by atoms with van der Waals surface area (Å²) in [6, 6.07) is 17.8. The Labute approximate surface area is 185 Å². The summed E-state index contributed by atoms with van der Waals surface area (Å²) in [7, 11) is -2.38. The Hall–Kier alpha value is -3.44. The van der Waals surface area contributed by atoms with E-state index in [4.69, 9.17) is 4.98 Å². The molecule has 0 atom stereocenters. The van der Waals surface area contributed by atoms with Crippen LogP contribution in [0.4, 0.5) is 0 Å². The molecule has 160 valence electrons. The lowest BCUT2D eigenvalue weighted by molar-refractivity contribution is 0.391. The highest BCUT2D eigenvalue weighted by molar-refractivity contribution is 7.70. The van der Waals surface area contributed by atoms with Crippen molar-refractivity contribution in [2.75, 3.05) is 13.3 Å². The smallest absolute Gasteiger partial charge is 0.221 e. The monoisotopic (exact) mass is 442 g/mol. The largest absolute Gasteiger partial charge is 0.319 e. The lowest BCUT2D eigenvalue weighted by atomic mass is 9.93. The predicted octanol–water partition coefficient (Wildman–Crippen LogP) is 4.47. The molecule has 0 amide bonds.